The second kappa shape index (κ2) is 7.59. The van der Waals surface area contributed by atoms with Crippen molar-refractivity contribution >= 4 is 39.4 Å². The van der Waals surface area contributed by atoms with Gasteiger partial charge in [-0.2, -0.15) is 0 Å². The van der Waals surface area contributed by atoms with E-state index in [-0.39, 0.29) is 0 Å². The van der Waals surface area contributed by atoms with Crippen LogP contribution in [0.25, 0.3) is 21.5 Å². The minimum atomic E-state index is 0.613. The first-order chi connectivity index (χ1) is 15.9. The minimum Gasteiger partial charge on any atom is -0.358 e. The first-order valence-corrected chi connectivity index (χ1v) is 13.0. The van der Waals surface area contributed by atoms with E-state index in [4.69, 9.17) is 4.98 Å². The Morgan fingerprint density at radius 2 is 2.00 bits per heavy atom. The van der Waals surface area contributed by atoms with Crippen LogP contribution >= 0.6 is 11.3 Å². The maximum atomic E-state index is 4.82. The molecule has 2 N–H and O–H groups in total. The number of nitrogens with one attached hydrogen (secondary N) is 2. The van der Waals surface area contributed by atoms with Gasteiger partial charge in [0.15, 0.2) is 0 Å². The van der Waals surface area contributed by atoms with E-state index < -0.39 is 0 Å². The van der Waals surface area contributed by atoms with Gasteiger partial charge in [-0.05, 0) is 42.9 Å². The highest BCUT2D eigenvalue weighted by Crippen LogP contribution is 2.49. The molecule has 32 heavy (non-hydrogen) atoms. The average molecular weight is 447 g/mol. The van der Waals surface area contributed by atoms with Crippen LogP contribution in [-0.2, 0) is 6.54 Å². The van der Waals surface area contributed by atoms with Crippen LogP contribution in [0.1, 0.15) is 50.1 Å². The van der Waals surface area contributed by atoms with Gasteiger partial charge in [0.1, 0.15) is 0 Å². The molecule has 1 aromatic carbocycles. The third-order valence-electron chi connectivity index (χ3n) is 8.05. The van der Waals surface area contributed by atoms with E-state index >= 15 is 0 Å². The lowest BCUT2D eigenvalue weighted by Crippen LogP contribution is -2.34. The summed E-state index contributed by atoms with van der Waals surface area (Å²) in [5.74, 6) is 0.788. The van der Waals surface area contributed by atoms with Crippen LogP contribution in [-0.4, -0.2) is 41.6 Å². The van der Waals surface area contributed by atoms with Crippen molar-refractivity contribution in [1.82, 2.24) is 14.9 Å². The largest absolute Gasteiger partial charge is 0.358 e. The maximum Gasteiger partial charge on any atom is 0.0991 e. The fraction of sp³-hybridized carbons (Fsp3) is 0.520. The van der Waals surface area contributed by atoms with Gasteiger partial charge in [0.2, 0.25) is 0 Å². The van der Waals surface area contributed by atoms with Gasteiger partial charge >= 0.3 is 0 Å². The zero-order valence-electron chi connectivity index (χ0n) is 18.4. The van der Waals surface area contributed by atoms with Gasteiger partial charge in [0.05, 0.1) is 45.8 Å². The van der Waals surface area contributed by atoms with E-state index in [1.54, 1.807) is 0 Å². The standard InChI is InChI=1S/C25H30N6S/c1-2-4-18(5-3-1)31-15-29-20-10-16(6-7-21(20)31)24-23-19(12-27-14-28-23)25(32-24)30-9-8-17-11-26-13-22(17)30/h6-7,10,14-15,17-18,22,26H,1-5,8-9,11-13H2,(H,27,28). The Morgan fingerprint density at radius 3 is 2.94 bits per heavy atom. The summed E-state index contributed by atoms with van der Waals surface area (Å²) in [6.07, 6.45) is 11.9. The molecule has 6 nitrogen and oxygen atoms in total. The molecule has 3 aromatic rings. The molecule has 5 heterocycles. The topological polar surface area (TPSA) is 57.5 Å². The van der Waals surface area contributed by atoms with Gasteiger partial charge < -0.3 is 20.1 Å². The number of benzene rings is 1. The fourth-order valence-corrected chi connectivity index (χ4v) is 7.72. The Kier molecular flexibility index (Phi) is 4.54. The van der Waals surface area contributed by atoms with Gasteiger partial charge in [0, 0.05) is 37.3 Å². The highest BCUT2D eigenvalue weighted by Gasteiger charge is 2.40. The third kappa shape index (κ3) is 2.94. The Labute approximate surface area is 192 Å². The van der Waals surface area contributed by atoms with Gasteiger partial charge in [-0.15, -0.1) is 11.3 Å². The van der Waals surface area contributed by atoms with Crippen molar-refractivity contribution in [1.29, 1.82) is 0 Å². The number of imidazole rings is 1. The van der Waals surface area contributed by atoms with E-state index in [9.17, 15) is 0 Å². The summed E-state index contributed by atoms with van der Waals surface area (Å²) in [6.45, 7) is 4.21. The van der Waals surface area contributed by atoms with Crippen LogP contribution in [0.4, 0.5) is 10.7 Å². The predicted molar refractivity (Wildman–Crippen MR) is 133 cm³/mol. The van der Waals surface area contributed by atoms with E-state index in [1.165, 1.54) is 70.7 Å². The minimum absolute atomic E-state index is 0.613. The fourth-order valence-electron chi connectivity index (χ4n) is 6.36. The van der Waals surface area contributed by atoms with E-state index in [2.05, 4.69) is 49.6 Å². The van der Waals surface area contributed by atoms with Crippen LogP contribution in [0.2, 0.25) is 0 Å². The number of hydrogen-bond donors (Lipinski definition) is 2. The quantitative estimate of drug-likeness (QED) is 0.593. The molecule has 7 heteroatoms. The van der Waals surface area contributed by atoms with Gasteiger partial charge in [-0.25, -0.2) is 4.98 Å². The first kappa shape index (κ1) is 19.1. The lowest BCUT2D eigenvalue weighted by Gasteiger charge is -2.25. The molecule has 166 valence electrons. The zero-order chi connectivity index (χ0) is 21.1. The Hall–Kier alpha value is -2.38. The van der Waals surface area contributed by atoms with Crippen LogP contribution in [0.3, 0.4) is 0 Å². The second-order valence-corrected chi connectivity index (χ2v) is 10.8. The number of thiophene rings is 1. The normalized spacial score (nSPS) is 25.3. The van der Waals surface area contributed by atoms with Crippen molar-refractivity contribution in [2.24, 2.45) is 10.9 Å². The van der Waals surface area contributed by atoms with Crippen LogP contribution in [0, 0.1) is 5.92 Å². The SMILES string of the molecule is C1=NCc2c(N3CCC4CNCC43)sc(-c3ccc4c(c3)ncn4C3CCCCC3)c2N1. The first-order valence-electron chi connectivity index (χ1n) is 12.2. The molecule has 0 bridgehead atoms. The molecule has 3 fully saturated rings. The number of fused-ring (bicyclic) bond motifs is 3. The van der Waals surface area contributed by atoms with E-state index in [1.807, 2.05) is 17.7 Å². The number of rotatable bonds is 3. The number of hydrogen-bond acceptors (Lipinski definition) is 6. The summed E-state index contributed by atoms with van der Waals surface area (Å²) in [7, 11) is 0. The Balaban J connectivity index is 1.28. The number of aromatic nitrogens is 2. The molecule has 1 saturated carbocycles. The van der Waals surface area contributed by atoms with Gasteiger partial charge in [-0.3, -0.25) is 4.99 Å². The third-order valence-corrected chi connectivity index (χ3v) is 9.36. The van der Waals surface area contributed by atoms with Gasteiger partial charge in [-0.1, -0.05) is 25.3 Å². The number of nitrogens with zero attached hydrogens (tertiary/aromatic N) is 4. The van der Waals surface area contributed by atoms with Crippen molar-refractivity contribution in [2.45, 2.75) is 57.2 Å². The Morgan fingerprint density at radius 1 is 1.06 bits per heavy atom. The molecular weight excluding hydrogens is 416 g/mol. The molecule has 2 saturated heterocycles. The molecule has 3 aliphatic heterocycles. The Bertz CT molecular complexity index is 1190. The summed E-state index contributed by atoms with van der Waals surface area (Å²) >= 11 is 1.94. The highest BCUT2D eigenvalue weighted by molar-refractivity contribution is 7.20. The zero-order valence-corrected chi connectivity index (χ0v) is 19.2. The summed E-state index contributed by atoms with van der Waals surface area (Å²) in [4.78, 5) is 13.4. The molecule has 2 atom stereocenters. The smallest absolute Gasteiger partial charge is 0.0991 e. The second-order valence-electron chi connectivity index (χ2n) is 9.82. The van der Waals surface area contributed by atoms with Crippen molar-refractivity contribution in [2.75, 3.05) is 29.9 Å². The molecule has 2 aromatic heterocycles. The van der Waals surface area contributed by atoms with Crippen molar-refractivity contribution in [3.05, 3.63) is 30.1 Å². The monoisotopic (exact) mass is 446 g/mol. The summed E-state index contributed by atoms with van der Waals surface area (Å²) in [6, 6.07) is 8.13. The van der Waals surface area contributed by atoms with Crippen LogP contribution in [0.5, 0.6) is 0 Å². The molecule has 0 amide bonds. The molecular formula is C25H30N6S. The molecule has 1 aliphatic carbocycles. The number of aliphatic imine (C=N–C) groups is 1. The molecule has 0 radical (unpaired) electrons. The lowest BCUT2D eigenvalue weighted by molar-refractivity contribution is 0.359. The van der Waals surface area contributed by atoms with Gasteiger partial charge in [0.25, 0.3) is 0 Å². The van der Waals surface area contributed by atoms with Crippen molar-refractivity contribution in [3.8, 4) is 10.4 Å². The highest BCUT2D eigenvalue weighted by atomic mass is 32.1. The van der Waals surface area contributed by atoms with E-state index in [0.717, 1.165) is 37.6 Å². The lowest BCUT2D eigenvalue weighted by atomic mass is 9.95. The number of anilines is 2. The summed E-state index contributed by atoms with van der Waals surface area (Å²) < 4.78 is 2.43. The molecule has 7 rings (SSSR count). The van der Waals surface area contributed by atoms with Crippen molar-refractivity contribution in [3.63, 3.8) is 0 Å². The van der Waals surface area contributed by atoms with E-state index in [0.29, 0.717) is 12.1 Å². The molecule has 4 aliphatic rings. The maximum absolute atomic E-state index is 4.82. The summed E-state index contributed by atoms with van der Waals surface area (Å²) in [5.41, 5.74) is 6.28. The van der Waals surface area contributed by atoms with Crippen LogP contribution in [0.15, 0.2) is 29.5 Å². The van der Waals surface area contributed by atoms with Crippen LogP contribution < -0.4 is 15.5 Å². The average Bonchev–Trinajstić information content (AvgIpc) is 3.61. The van der Waals surface area contributed by atoms with Crippen molar-refractivity contribution < 1.29 is 0 Å². The molecule has 2 unspecified atom stereocenters. The molecule has 0 spiro atoms. The predicted octanol–water partition coefficient (Wildman–Crippen LogP) is 5.02. The summed E-state index contributed by atoms with van der Waals surface area (Å²) in [5, 5.41) is 8.51.